The first-order chi connectivity index (χ1) is 16.6. The Morgan fingerprint density at radius 1 is 1.00 bits per heavy atom. The molecule has 3 aliphatic rings. The number of ether oxygens (including phenoxy) is 2. The first kappa shape index (κ1) is 23.0. The molecular weight excluding hydrogens is 426 g/mol. The van der Waals surface area contributed by atoms with E-state index in [1.807, 2.05) is 12.1 Å². The van der Waals surface area contributed by atoms with Gasteiger partial charge in [0.15, 0.2) is 11.5 Å². The number of likely N-dealkylation sites (N-methyl/N-ethyl adjacent to an activating group) is 1. The van der Waals surface area contributed by atoms with E-state index in [4.69, 9.17) is 9.47 Å². The number of nitrogens with zero attached hydrogens (tertiary/aromatic N) is 3. The zero-order valence-electron chi connectivity index (χ0n) is 21.0. The maximum atomic E-state index is 14.0. The SMILES string of the molecule is CCN1CCN(c2cccc3c2C2CCCC(CC)(c4ccc(OC)c(OC)c4)N2C3=O)CC1. The Morgan fingerprint density at radius 3 is 2.44 bits per heavy atom. The zero-order valence-corrected chi connectivity index (χ0v) is 21.0. The summed E-state index contributed by atoms with van der Waals surface area (Å²) in [6.45, 7) is 9.72. The van der Waals surface area contributed by atoms with Gasteiger partial charge in [-0.25, -0.2) is 0 Å². The second-order valence-corrected chi connectivity index (χ2v) is 9.70. The molecule has 2 saturated heterocycles. The van der Waals surface area contributed by atoms with Gasteiger partial charge in [-0.3, -0.25) is 4.79 Å². The van der Waals surface area contributed by atoms with Gasteiger partial charge < -0.3 is 24.2 Å². The van der Waals surface area contributed by atoms with Crippen molar-refractivity contribution in [2.75, 3.05) is 51.8 Å². The van der Waals surface area contributed by atoms with E-state index >= 15 is 0 Å². The summed E-state index contributed by atoms with van der Waals surface area (Å²) in [5.41, 5.74) is 4.18. The van der Waals surface area contributed by atoms with Crippen molar-refractivity contribution >= 4 is 11.6 Å². The molecule has 2 aromatic rings. The highest BCUT2D eigenvalue weighted by Gasteiger charge is 2.52. The largest absolute Gasteiger partial charge is 0.493 e. The maximum Gasteiger partial charge on any atom is 0.255 e. The fraction of sp³-hybridized carbons (Fsp3) is 0.536. The van der Waals surface area contributed by atoms with Crippen LogP contribution in [-0.4, -0.2) is 62.7 Å². The molecular formula is C28H37N3O3. The summed E-state index contributed by atoms with van der Waals surface area (Å²) in [4.78, 5) is 21.2. The molecule has 182 valence electrons. The molecule has 34 heavy (non-hydrogen) atoms. The molecule has 0 bridgehead atoms. The fourth-order valence-corrected chi connectivity index (χ4v) is 6.51. The van der Waals surface area contributed by atoms with Crippen LogP contribution in [0.3, 0.4) is 0 Å². The summed E-state index contributed by atoms with van der Waals surface area (Å²) in [5, 5.41) is 0. The van der Waals surface area contributed by atoms with Crippen LogP contribution >= 0.6 is 0 Å². The Balaban J connectivity index is 1.56. The molecule has 2 atom stereocenters. The van der Waals surface area contributed by atoms with Crippen LogP contribution in [0.5, 0.6) is 11.5 Å². The van der Waals surface area contributed by atoms with Crippen LogP contribution in [0.1, 0.15) is 67.1 Å². The molecule has 0 saturated carbocycles. The van der Waals surface area contributed by atoms with Gasteiger partial charge in [0.1, 0.15) is 0 Å². The fourth-order valence-electron chi connectivity index (χ4n) is 6.51. The molecule has 5 rings (SSSR count). The van der Waals surface area contributed by atoms with Crippen LogP contribution in [0.4, 0.5) is 5.69 Å². The normalized spacial score (nSPS) is 24.7. The van der Waals surface area contributed by atoms with E-state index in [1.54, 1.807) is 14.2 Å². The van der Waals surface area contributed by atoms with Gasteiger partial charge in [0.05, 0.1) is 25.8 Å². The number of anilines is 1. The molecule has 0 spiro atoms. The lowest BCUT2D eigenvalue weighted by Gasteiger charge is -2.49. The van der Waals surface area contributed by atoms with E-state index in [0.29, 0.717) is 5.75 Å². The van der Waals surface area contributed by atoms with Crippen molar-refractivity contribution in [2.24, 2.45) is 0 Å². The highest BCUT2D eigenvalue weighted by atomic mass is 16.5. The van der Waals surface area contributed by atoms with Gasteiger partial charge in [0.2, 0.25) is 0 Å². The summed E-state index contributed by atoms with van der Waals surface area (Å²) >= 11 is 0. The Kier molecular flexibility index (Phi) is 6.19. The number of piperidine rings is 1. The molecule has 0 N–H and O–H groups in total. The molecule has 2 unspecified atom stereocenters. The number of hydrogen-bond donors (Lipinski definition) is 0. The van der Waals surface area contributed by atoms with E-state index in [2.05, 4.69) is 52.8 Å². The monoisotopic (exact) mass is 463 g/mol. The number of rotatable bonds is 6. The topological polar surface area (TPSA) is 45.2 Å². The predicted molar refractivity (Wildman–Crippen MR) is 135 cm³/mol. The third kappa shape index (κ3) is 3.46. The number of benzene rings is 2. The van der Waals surface area contributed by atoms with Crippen molar-refractivity contribution in [3.8, 4) is 11.5 Å². The summed E-state index contributed by atoms with van der Waals surface area (Å²) in [7, 11) is 3.33. The number of fused-ring (bicyclic) bond motifs is 3. The van der Waals surface area contributed by atoms with Crippen molar-refractivity contribution in [3.05, 3.63) is 53.1 Å². The standard InChI is InChI=1S/C28H37N3O3/c1-5-28(20-12-13-24(33-3)25(19-20)34-4)14-8-11-23-26-21(27(32)31(23)28)9-7-10-22(26)30-17-15-29(6-2)16-18-30/h7,9-10,12-13,19,23H,5-6,8,11,14-18H2,1-4H3. The van der Waals surface area contributed by atoms with Crippen molar-refractivity contribution in [1.29, 1.82) is 0 Å². The third-order valence-electron chi connectivity index (χ3n) is 8.37. The maximum absolute atomic E-state index is 14.0. The van der Waals surface area contributed by atoms with Crippen LogP contribution in [-0.2, 0) is 5.54 Å². The van der Waals surface area contributed by atoms with Gasteiger partial charge in [0.25, 0.3) is 5.91 Å². The van der Waals surface area contributed by atoms with Crippen molar-refractivity contribution in [2.45, 2.75) is 51.1 Å². The van der Waals surface area contributed by atoms with E-state index in [1.165, 1.54) is 11.3 Å². The summed E-state index contributed by atoms with van der Waals surface area (Å²) < 4.78 is 11.1. The summed E-state index contributed by atoms with van der Waals surface area (Å²) in [6.07, 6.45) is 3.93. The minimum Gasteiger partial charge on any atom is -0.493 e. The third-order valence-corrected chi connectivity index (χ3v) is 8.37. The van der Waals surface area contributed by atoms with Gasteiger partial charge in [-0.2, -0.15) is 0 Å². The highest BCUT2D eigenvalue weighted by Crippen LogP contribution is 2.55. The lowest BCUT2D eigenvalue weighted by Crippen LogP contribution is -2.50. The molecule has 0 aliphatic carbocycles. The van der Waals surface area contributed by atoms with Crippen LogP contribution in [0.2, 0.25) is 0 Å². The number of amides is 1. The van der Waals surface area contributed by atoms with Crippen LogP contribution < -0.4 is 14.4 Å². The number of methoxy groups -OCH3 is 2. The number of carbonyl (C=O) groups is 1. The average Bonchev–Trinajstić information content (AvgIpc) is 3.20. The molecule has 6 heteroatoms. The van der Waals surface area contributed by atoms with Gasteiger partial charge in [0, 0.05) is 43.0 Å². The first-order valence-electron chi connectivity index (χ1n) is 12.7. The molecule has 3 aliphatic heterocycles. The van der Waals surface area contributed by atoms with E-state index < -0.39 is 0 Å². The van der Waals surface area contributed by atoms with Crippen LogP contribution in [0.15, 0.2) is 36.4 Å². The summed E-state index contributed by atoms with van der Waals surface area (Å²) in [5.74, 6) is 1.60. The number of carbonyl (C=O) groups excluding carboxylic acids is 1. The first-order valence-corrected chi connectivity index (χ1v) is 12.7. The zero-order chi connectivity index (χ0) is 23.9. The molecule has 0 radical (unpaired) electrons. The van der Waals surface area contributed by atoms with Gasteiger partial charge >= 0.3 is 0 Å². The second kappa shape index (κ2) is 9.14. The van der Waals surface area contributed by atoms with Gasteiger partial charge in [-0.1, -0.05) is 26.0 Å². The molecule has 1 amide bonds. The van der Waals surface area contributed by atoms with E-state index in [-0.39, 0.29) is 17.5 Å². The second-order valence-electron chi connectivity index (χ2n) is 9.70. The smallest absolute Gasteiger partial charge is 0.255 e. The van der Waals surface area contributed by atoms with Crippen LogP contribution in [0, 0.1) is 0 Å². The molecule has 6 nitrogen and oxygen atoms in total. The molecule has 0 aromatic heterocycles. The Labute approximate surface area is 203 Å². The number of hydrogen-bond acceptors (Lipinski definition) is 5. The van der Waals surface area contributed by atoms with Crippen LogP contribution in [0.25, 0.3) is 0 Å². The minimum absolute atomic E-state index is 0.115. The lowest BCUT2D eigenvalue weighted by atomic mass is 9.76. The Hall–Kier alpha value is -2.73. The van der Waals surface area contributed by atoms with Crippen molar-refractivity contribution in [3.63, 3.8) is 0 Å². The van der Waals surface area contributed by atoms with Crippen molar-refractivity contribution < 1.29 is 14.3 Å². The van der Waals surface area contributed by atoms with E-state index in [9.17, 15) is 4.79 Å². The Bertz CT molecular complexity index is 1060. The molecule has 2 fully saturated rings. The lowest BCUT2D eigenvalue weighted by molar-refractivity contribution is 0.00800. The highest BCUT2D eigenvalue weighted by molar-refractivity contribution is 6.01. The van der Waals surface area contributed by atoms with E-state index in [0.717, 1.165) is 75.3 Å². The molecule has 3 heterocycles. The predicted octanol–water partition coefficient (Wildman–Crippen LogP) is 4.83. The molecule has 2 aromatic carbocycles. The number of piperazine rings is 1. The van der Waals surface area contributed by atoms with Gasteiger partial charge in [-0.05, 0) is 62.1 Å². The quantitative estimate of drug-likeness (QED) is 0.614. The summed E-state index contributed by atoms with van der Waals surface area (Å²) in [6, 6.07) is 12.6. The average molecular weight is 464 g/mol. The van der Waals surface area contributed by atoms with Crippen molar-refractivity contribution in [1.82, 2.24) is 9.80 Å². The van der Waals surface area contributed by atoms with Gasteiger partial charge in [-0.15, -0.1) is 0 Å². The Morgan fingerprint density at radius 2 is 1.76 bits per heavy atom. The minimum atomic E-state index is -0.350.